The highest BCUT2D eigenvalue weighted by molar-refractivity contribution is 7.10. The summed E-state index contributed by atoms with van der Waals surface area (Å²) in [7, 11) is 0. The third kappa shape index (κ3) is 5.92. The first-order valence-electron chi connectivity index (χ1n) is 11.0. The number of thiophene rings is 1. The Morgan fingerprint density at radius 2 is 1.69 bits per heavy atom. The van der Waals surface area contributed by atoms with Crippen molar-refractivity contribution in [2.24, 2.45) is 0 Å². The molecule has 180 valence electrons. The van der Waals surface area contributed by atoms with Crippen LogP contribution in [0.3, 0.4) is 0 Å². The number of carboxylic acids is 1. The zero-order valence-electron chi connectivity index (χ0n) is 18.9. The van der Waals surface area contributed by atoms with Gasteiger partial charge < -0.3 is 9.84 Å². The Morgan fingerprint density at radius 1 is 0.971 bits per heavy atom. The molecule has 1 aromatic heterocycles. The average Bonchev–Trinajstić information content (AvgIpc) is 3.27. The number of hydrogen-bond acceptors (Lipinski definition) is 3. The van der Waals surface area contributed by atoms with E-state index < -0.39 is 17.7 Å². The molecule has 1 atom stereocenters. The number of ether oxygens (including phenoxy) is 1. The Bertz CT molecular complexity index is 1300. The van der Waals surface area contributed by atoms with E-state index in [2.05, 4.69) is 0 Å². The molecule has 0 bridgehead atoms. The largest absolute Gasteiger partial charge is 0.489 e. The van der Waals surface area contributed by atoms with Crippen LogP contribution in [0.25, 0.3) is 11.1 Å². The van der Waals surface area contributed by atoms with Crippen LogP contribution < -0.4 is 4.74 Å². The maximum absolute atomic E-state index is 13.6. The number of aliphatic carboxylic acids is 1. The highest BCUT2D eigenvalue weighted by atomic mass is 32.1. The predicted octanol–water partition coefficient (Wildman–Crippen LogP) is 7.93. The maximum atomic E-state index is 13.6. The van der Waals surface area contributed by atoms with Gasteiger partial charge in [0.15, 0.2) is 0 Å². The smallest absolute Gasteiger partial charge is 0.416 e. The molecule has 0 spiro atoms. The predicted molar refractivity (Wildman–Crippen MR) is 131 cm³/mol. The van der Waals surface area contributed by atoms with E-state index in [9.17, 15) is 23.1 Å². The summed E-state index contributed by atoms with van der Waals surface area (Å²) >= 11 is 1.51. The van der Waals surface area contributed by atoms with E-state index in [1.807, 2.05) is 48.7 Å². The molecular weight excluding hydrogens is 473 g/mol. The highest BCUT2D eigenvalue weighted by Gasteiger charge is 2.33. The second-order valence-electron chi connectivity index (χ2n) is 8.21. The van der Waals surface area contributed by atoms with E-state index in [-0.39, 0.29) is 24.5 Å². The summed E-state index contributed by atoms with van der Waals surface area (Å²) in [6.07, 6.45) is -4.55. The van der Waals surface area contributed by atoms with E-state index in [4.69, 9.17) is 4.74 Å². The van der Waals surface area contributed by atoms with Crippen LogP contribution in [0, 0.1) is 6.92 Å². The van der Waals surface area contributed by atoms with Gasteiger partial charge in [0.1, 0.15) is 12.4 Å². The second kappa shape index (κ2) is 10.4. The third-order valence-corrected chi connectivity index (χ3v) is 6.92. The fourth-order valence-electron chi connectivity index (χ4n) is 4.04. The molecule has 0 aliphatic carbocycles. The highest BCUT2D eigenvalue weighted by Crippen LogP contribution is 2.36. The van der Waals surface area contributed by atoms with Crippen LogP contribution >= 0.6 is 11.3 Å². The summed E-state index contributed by atoms with van der Waals surface area (Å²) in [5.41, 5.74) is 2.65. The molecule has 0 saturated carbocycles. The van der Waals surface area contributed by atoms with Gasteiger partial charge in [-0.15, -0.1) is 11.3 Å². The number of hydrogen-bond donors (Lipinski definition) is 1. The Hall–Kier alpha value is -3.58. The van der Waals surface area contributed by atoms with E-state index in [0.717, 1.165) is 27.6 Å². The minimum Gasteiger partial charge on any atom is -0.489 e. The molecule has 4 aromatic rings. The minimum absolute atomic E-state index is 0.0425. The summed E-state index contributed by atoms with van der Waals surface area (Å²) in [6, 6.07) is 22.1. The van der Waals surface area contributed by atoms with Crippen LogP contribution in [0.1, 0.15) is 39.5 Å². The van der Waals surface area contributed by atoms with Gasteiger partial charge in [0.25, 0.3) is 0 Å². The summed E-state index contributed by atoms with van der Waals surface area (Å²) in [5, 5.41) is 11.3. The first-order valence-corrected chi connectivity index (χ1v) is 11.8. The van der Waals surface area contributed by atoms with Crippen LogP contribution in [-0.4, -0.2) is 11.1 Å². The van der Waals surface area contributed by atoms with Gasteiger partial charge in [-0.2, -0.15) is 13.2 Å². The van der Waals surface area contributed by atoms with Crippen molar-refractivity contribution in [1.82, 2.24) is 0 Å². The minimum atomic E-state index is -4.50. The van der Waals surface area contributed by atoms with E-state index in [1.165, 1.54) is 23.5 Å². The Morgan fingerprint density at radius 3 is 2.29 bits per heavy atom. The number of halogens is 3. The lowest BCUT2D eigenvalue weighted by molar-refractivity contribution is -0.139. The summed E-state index contributed by atoms with van der Waals surface area (Å²) < 4.78 is 46.6. The van der Waals surface area contributed by atoms with E-state index in [1.54, 1.807) is 24.3 Å². The first kappa shape index (κ1) is 24.5. The van der Waals surface area contributed by atoms with Crippen molar-refractivity contribution in [2.75, 3.05) is 0 Å². The molecule has 1 N–H and O–H groups in total. The van der Waals surface area contributed by atoms with Gasteiger partial charge in [0.05, 0.1) is 12.0 Å². The van der Waals surface area contributed by atoms with Crippen molar-refractivity contribution >= 4 is 17.3 Å². The van der Waals surface area contributed by atoms with Gasteiger partial charge in [0, 0.05) is 16.4 Å². The van der Waals surface area contributed by atoms with Crippen molar-refractivity contribution in [2.45, 2.75) is 32.0 Å². The number of alkyl halides is 3. The standard InChI is InChI=1S/C28H23F3O3S/c1-18-13-14-35-27(18)24(16-26(32)33)20-7-10-23(11-8-20)34-17-22-15-21(19-5-3-2-4-6-19)9-12-25(22)28(29,30)31/h2-15,24H,16-17H2,1H3,(H,32,33). The molecule has 35 heavy (non-hydrogen) atoms. The van der Waals surface area contributed by atoms with Crippen molar-refractivity contribution in [1.29, 1.82) is 0 Å². The average molecular weight is 497 g/mol. The van der Waals surface area contributed by atoms with Crippen LogP contribution in [0.4, 0.5) is 13.2 Å². The van der Waals surface area contributed by atoms with Gasteiger partial charge in [-0.05, 0) is 64.9 Å². The van der Waals surface area contributed by atoms with Crippen LogP contribution in [0.2, 0.25) is 0 Å². The first-order chi connectivity index (χ1) is 16.7. The molecule has 3 aromatic carbocycles. The van der Waals surface area contributed by atoms with Gasteiger partial charge >= 0.3 is 12.1 Å². The molecule has 3 nitrogen and oxygen atoms in total. The Balaban J connectivity index is 1.56. The summed E-state index contributed by atoms with van der Waals surface area (Å²) in [6.45, 7) is 1.69. The molecule has 0 saturated heterocycles. The quantitative estimate of drug-likeness (QED) is 0.269. The number of rotatable bonds is 8. The Kier molecular flexibility index (Phi) is 7.26. The van der Waals surface area contributed by atoms with Crippen LogP contribution in [-0.2, 0) is 17.6 Å². The van der Waals surface area contributed by atoms with Crippen LogP contribution in [0.15, 0.2) is 84.2 Å². The zero-order valence-corrected chi connectivity index (χ0v) is 19.7. The second-order valence-corrected chi connectivity index (χ2v) is 9.16. The fourth-order valence-corrected chi connectivity index (χ4v) is 5.09. The molecule has 4 rings (SSSR count). The van der Waals surface area contributed by atoms with Crippen molar-refractivity contribution < 1.29 is 27.8 Å². The Labute approximate surface area is 205 Å². The molecule has 0 radical (unpaired) electrons. The molecule has 1 unspecified atom stereocenters. The molecular formula is C28H23F3O3S. The van der Waals surface area contributed by atoms with Gasteiger partial charge in [0.2, 0.25) is 0 Å². The summed E-state index contributed by atoms with van der Waals surface area (Å²) in [5.74, 6) is -0.800. The number of carboxylic acid groups (broad SMARTS) is 1. The van der Waals surface area contributed by atoms with E-state index >= 15 is 0 Å². The number of carbonyl (C=O) groups is 1. The molecule has 0 amide bonds. The lowest BCUT2D eigenvalue weighted by Crippen LogP contribution is -2.11. The monoisotopic (exact) mass is 496 g/mol. The number of benzene rings is 3. The molecule has 0 aliphatic heterocycles. The van der Waals surface area contributed by atoms with Crippen molar-refractivity contribution in [3.05, 3.63) is 111 Å². The number of aryl methyl sites for hydroxylation is 1. The molecule has 1 heterocycles. The van der Waals surface area contributed by atoms with Gasteiger partial charge in [-0.25, -0.2) is 0 Å². The van der Waals surface area contributed by atoms with Gasteiger partial charge in [-0.1, -0.05) is 48.5 Å². The van der Waals surface area contributed by atoms with Crippen molar-refractivity contribution in [3.63, 3.8) is 0 Å². The lowest BCUT2D eigenvalue weighted by Gasteiger charge is -2.17. The molecule has 7 heteroatoms. The van der Waals surface area contributed by atoms with E-state index in [0.29, 0.717) is 11.3 Å². The SMILES string of the molecule is Cc1ccsc1C(CC(=O)O)c1ccc(OCc2cc(-c3ccccc3)ccc2C(F)(F)F)cc1. The fraction of sp³-hybridized carbons (Fsp3) is 0.179. The topological polar surface area (TPSA) is 46.5 Å². The lowest BCUT2D eigenvalue weighted by atomic mass is 9.92. The zero-order chi connectivity index (χ0) is 25.0. The summed E-state index contributed by atoms with van der Waals surface area (Å²) in [4.78, 5) is 12.4. The maximum Gasteiger partial charge on any atom is 0.416 e. The van der Waals surface area contributed by atoms with Crippen LogP contribution in [0.5, 0.6) is 5.75 Å². The van der Waals surface area contributed by atoms with Gasteiger partial charge in [-0.3, -0.25) is 4.79 Å². The normalized spacial score (nSPS) is 12.3. The molecule has 0 aliphatic rings. The molecule has 0 fully saturated rings. The van der Waals surface area contributed by atoms with Crippen molar-refractivity contribution in [3.8, 4) is 16.9 Å². The third-order valence-electron chi connectivity index (χ3n) is 5.79.